The third-order valence-electron chi connectivity index (χ3n) is 3.98. The Morgan fingerprint density at radius 3 is 2.73 bits per heavy atom. The van der Waals surface area contributed by atoms with Crippen molar-refractivity contribution in [3.63, 3.8) is 0 Å². The van der Waals surface area contributed by atoms with Gasteiger partial charge in [0.2, 0.25) is 0 Å². The first-order chi connectivity index (χ1) is 12.6. The molecule has 0 spiro atoms. The average molecular weight is 403 g/mol. The predicted octanol–water partition coefficient (Wildman–Crippen LogP) is 5.23. The molecule has 0 saturated heterocycles. The quantitative estimate of drug-likeness (QED) is 0.459. The van der Waals surface area contributed by atoms with Crippen LogP contribution in [-0.2, 0) is 6.54 Å². The lowest BCUT2D eigenvalue weighted by Crippen LogP contribution is -2.23. The van der Waals surface area contributed by atoms with Gasteiger partial charge in [-0.25, -0.2) is 4.98 Å². The molecular formula is C19H15ClN2O2S2. The molecule has 26 heavy (non-hydrogen) atoms. The largest absolute Gasteiger partial charge is 0.492 e. The highest BCUT2D eigenvalue weighted by atomic mass is 35.5. The Morgan fingerprint density at radius 1 is 1.19 bits per heavy atom. The highest BCUT2D eigenvalue weighted by Gasteiger charge is 2.14. The first kappa shape index (κ1) is 17.3. The molecule has 0 amide bonds. The van der Waals surface area contributed by atoms with Crippen LogP contribution >= 0.6 is 34.3 Å². The van der Waals surface area contributed by atoms with E-state index < -0.39 is 0 Å². The van der Waals surface area contributed by atoms with Gasteiger partial charge in [-0.15, -0.1) is 22.7 Å². The van der Waals surface area contributed by atoms with Crippen molar-refractivity contribution in [3.05, 3.63) is 68.4 Å². The summed E-state index contributed by atoms with van der Waals surface area (Å²) >= 11 is 9.05. The number of fused-ring (bicyclic) bond motifs is 1. The lowest BCUT2D eigenvalue weighted by Gasteiger charge is -2.08. The van der Waals surface area contributed by atoms with Gasteiger partial charge in [-0.1, -0.05) is 11.6 Å². The maximum absolute atomic E-state index is 12.9. The summed E-state index contributed by atoms with van der Waals surface area (Å²) in [6.45, 7) is 2.88. The van der Waals surface area contributed by atoms with Gasteiger partial charge in [0.15, 0.2) is 0 Å². The molecule has 0 bridgehead atoms. The number of aryl methyl sites for hydroxylation is 1. The molecule has 0 aliphatic rings. The average Bonchev–Trinajstić information content (AvgIpc) is 3.25. The fraction of sp³-hybridized carbons (Fsp3) is 0.158. The third-order valence-corrected chi connectivity index (χ3v) is 6.15. The molecule has 132 valence electrons. The molecule has 4 nitrogen and oxygen atoms in total. The van der Waals surface area contributed by atoms with Crippen LogP contribution in [0.3, 0.4) is 0 Å². The molecule has 0 aliphatic carbocycles. The van der Waals surface area contributed by atoms with Crippen LogP contribution in [0.4, 0.5) is 0 Å². The molecule has 0 radical (unpaired) electrons. The minimum Gasteiger partial charge on any atom is -0.492 e. The maximum Gasteiger partial charge on any atom is 0.262 e. The first-order valence-electron chi connectivity index (χ1n) is 8.03. The zero-order valence-corrected chi connectivity index (χ0v) is 16.3. The number of aromatic nitrogens is 2. The van der Waals surface area contributed by atoms with E-state index in [4.69, 9.17) is 16.3 Å². The summed E-state index contributed by atoms with van der Waals surface area (Å²) in [7, 11) is 0. The summed E-state index contributed by atoms with van der Waals surface area (Å²) in [5.74, 6) is 0.724. The molecule has 4 aromatic rings. The van der Waals surface area contributed by atoms with Gasteiger partial charge in [0, 0.05) is 25.7 Å². The number of benzene rings is 1. The van der Waals surface area contributed by atoms with Gasteiger partial charge >= 0.3 is 0 Å². The van der Waals surface area contributed by atoms with Crippen LogP contribution in [-0.4, -0.2) is 16.2 Å². The second-order valence-electron chi connectivity index (χ2n) is 5.79. The molecule has 1 aromatic carbocycles. The number of rotatable bonds is 5. The number of ether oxygens (including phenoxy) is 1. The van der Waals surface area contributed by atoms with E-state index in [2.05, 4.69) is 24.0 Å². The third kappa shape index (κ3) is 3.40. The van der Waals surface area contributed by atoms with Crippen molar-refractivity contribution in [3.8, 4) is 16.2 Å². The van der Waals surface area contributed by atoms with Crippen molar-refractivity contribution in [1.29, 1.82) is 0 Å². The van der Waals surface area contributed by atoms with Crippen LogP contribution in [0, 0.1) is 6.92 Å². The Hall–Kier alpha value is -2.15. The highest BCUT2D eigenvalue weighted by molar-refractivity contribution is 7.19. The van der Waals surface area contributed by atoms with E-state index in [-0.39, 0.29) is 5.56 Å². The summed E-state index contributed by atoms with van der Waals surface area (Å²) in [6, 6.07) is 11.3. The van der Waals surface area contributed by atoms with Gasteiger partial charge < -0.3 is 4.74 Å². The number of halogens is 1. The van der Waals surface area contributed by atoms with E-state index in [1.54, 1.807) is 34.4 Å². The minimum atomic E-state index is -0.0305. The molecule has 7 heteroatoms. The molecule has 0 fully saturated rings. The first-order valence-corrected chi connectivity index (χ1v) is 10.1. The Morgan fingerprint density at radius 2 is 2.00 bits per heavy atom. The van der Waals surface area contributed by atoms with E-state index in [1.807, 2.05) is 17.5 Å². The normalized spacial score (nSPS) is 11.2. The van der Waals surface area contributed by atoms with Crippen molar-refractivity contribution in [2.24, 2.45) is 0 Å². The van der Waals surface area contributed by atoms with Gasteiger partial charge in [-0.2, -0.15) is 0 Å². The summed E-state index contributed by atoms with van der Waals surface area (Å²) in [5, 5.41) is 3.36. The zero-order chi connectivity index (χ0) is 18.1. The van der Waals surface area contributed by atoms with Gasteiger partial charge in [0.05, 0.1) is 18.3 Å². The summed E-state index contributed by atoms with van der Waals surface area (Å²) in [5.41, 5.74) is 0.936. The Balaban J connectivity index is 1.59. The van der Waals surface area contributed by atoms with Crippen LogP contribution < -0.4 is 10.3 Å². The predicted molar refractivity (Wildman–Crippen MR) is 109 cm³/mol. The Kier molecular flexibility index (Phi) is 4.80. The van der Waals surface area contributed by atoms with Gasteiger partial charge in [-0.05, 0) is 43.3 Å². The van der Waals surface area contributed by atoms with Gasteiger partial charge in [0.25, 0.3) is 5.56 Å². The van der Waals surface area contributed by atoms with Crippen molar-refractivity contribution < 1.29 is 4.74 Å². The molecule has 0 saturated carbocycles. The van der Waals surface area contributed by atoms with E-state index in [0.717, 1.165) is 21.0 Å². The fourth-order valence-electron chi connectivity index (χ4n) is 2.68. The number of hydrogen-bond acceptors (Lipinski definition) is 5. The topological polar surface area (TPSA) is 44.1 Å². The van der Waals surface area contributed by atoms with Crippen molar-refractivity contribution >= 4 is 44.5 Å². The van der Waals surface area contributed by atoms with Crippen molar-refractivity contribution in [1.82, 2.24) is 9.55 Å². The van der Waals surface area contributed by atoms with Gasteiger partial charge in [-0.3, -0.25) is 9.36 Å². The second-order valence-corrected chi connectivity index (χ2v) is 8.37. The summed E-state index contributed by atoms with van der Waals surface area (Å²) < 4.78 is 7.30. The maximum atomic E-state index is 12.9. The summed E-state index contributed by atoms with van der Waals surface area (Å²) in [4.78, 5) is 20.5. The molecular weight excluding hydrogens is 388 g/mol. The van der Waals surface area contributed by atoms with Crippen LogP contribution in [0.1, 0.15) is 4.88 Å². The molecule has 0 N–H and O–H groups in total. The number of thiophene rings is 2. The van der Waals surface area contributed by atoms with Crippen LogP contribution in [0.25, 0.3) is 20.7 Å². The second kappa shape index (κ2) is 7.23. The van der Waals surface area contributed by atoms with E-state index in [0.29, 0.717) is 23.6 Å². The molecule has 3 aromatic heterocycles. The lowest BCUT2D eigenvalue weighted by atomic mass is 10.2. The molecule has 0 unspecified atom stereocenters. The molecule has 0 aliphatic heterocycles. The number of nitrogens with zero attached hydrogens (tertiary/aromatic N) is 2. The van der Waals surface area contributed by atoms with Crippen LogP contribution in [0.5, 0.6) is 5.75 Å². The Bertz CT molecular complexity index is 1110. The Labute approximate surface area is 163 Å². The highest BCUT2D eigenvalue weighted by Crippen LogP contribution is 2.34. The molecule has 4 rings (SSSR count). The SMILES string of the molecule is Cc1ccc(-c2csc3ncn(CCOc4ccc(Cl)cc4)c(=O)c23)s1. The summed E-state index contributed by atoms with van der Waals surface area (Å²) in [6.07, 6.45) is 1.59. The van der Waals surface area contributed by atoms with Gasteiger partial charge in [0.1, 0.15) is 17.2 Å². The van der Waals surface area contributed by atoms with Crippen molar-refractivity contribution in [2.75, 3.05) is 6.61 Å². The van der Waals surface area contributed by atoms with E-state index >= 15 is 0 Å². The van der Waals surface area contributed by atoms with Crippen LogP contribution in [0.15, 0.2) is 52.9 Å². The molecule has 3 heterocycles. The number of hydrogen-bond donors (Lipinski definition) is 0. The van der Waals surface area contributed by atoms with Crippen molar-refractivity contribution in [2.45, 2.75) is 13.5 Å². The fourth-order valence-corrected chi connectivity index (χ4v) is 4.67. The van der Waals surface area contributed by atoms with E-state index in [1.165, 1.54) is 16.2 Å². The van der Waals surface area contributed by atoms with E-state index in [9.17, 15) is 4.79 Å². The van der Waals surface area contributed by atoms with Crippen LogP contribution in [0.2, 0.25) is 5.02 Å². The monoisotopic (exact) mass is 402 g/mol. The standard InChI is InChI=1S/C19H15ClN2O2S2/c1-12-2-7-16(26-12)15-10-25-18-17(15)19(23)22(11-21-18)8-9-24-14-5-3-13(20)4-6-14/h2-7,10-11H,8-9H2,1H3. The minimum absolute atomic E-state index is 0.0305. The molecule has 0 atom stereocenters. The zero-order valence-electron chi connectivity index (χ0n) is 13.9. The lowest BCUT2D eigenvalue weighted by molar-refractivity contribution is 0.296. The smallest absolute Gasteiger partial charge is 0.262 e.